The summed E-state index contributed by atoms with van der Waals surface area (Å²) < 4.78 is 9.58. The molecular weight excluding hydrogens is 327 g/mol. The molecule has 80 valence electrons. The summed E-state index contributed by atoms with van der Waals surface area (Å²) in [5.41, 5.74) is 4.55. The number of benzene rings is 1. The third kappa shape index (κ3) is 2.08. The van der Waals surface area contributed by atoms with E-state index in [2.05, 4.69) is 61.0 Å². The Labute approximate surface area is 105 Å². The topological polar surface area (TPSA) is 0 Å². The van der Waals surface area contributed by atoms with Gasteiger partial charge in [-0.3, -0.25) is 0 Å². The van der Waals surface area contributed by atoms with Crippen LogP contribution >= 0.6 is 15.9 Å². The molecule has 1 aromatic carbocycles. The first-order valence-electron chi connectivity index (χ1n) is 5.38. The van der Waals surface area contributed by atoms with Crippen molar-refractivity contribution in [3.63, 3.8) is 0 Å². The van der Waals surface area contributed by atoms with Crippen LogP contribution in [-0.4, -0.2) is 0 Å². The van der Waals surface area contributed by atoms with Gasteiger partial charge in [0, 0.05) is 0 Å². The summed E-state index contributed by atoms with van der Waals surface area (Å²) in [6, 6.07) is 6.61. The van der Waals surface area contributed by atoms with Gasteiger partial charge < -0.3 is 0 Å². The van der Waals surface area contributed by atoms with Crippen LogP contribution < -0.4 is 0 Å². The summed E-state index contributed by atoms with van der Waals surface area (Å²) >= 11 is 1.76. The zero-order chi connectivity index (χ0) is 11.2. The summed E-state index contributed by atoms with van der Waals surface area (Å²) in [6.45, 7) is 2.29. The maximum absolute atomic E-state index is 3.65. The standard InChI is InChI=1S/C10H8Br.3CH3.Zr/c1-7-5-8-3-2-4-10(11)9(8)6-7;;;;/h2-6H,1H3;3*1H3;. The third-order valence-electron chi connectivity index (χ3n) is 3.09. The van der Waals surface area contributed by atoms with E-state index in [0.717, 1.165) is 3.63 Å². The van der Waals surface area contributed by atoms with E-state index in [9.17, 15) is 0 Å². The first kappa shape index (κ1) is 11.8. The second-order valence-corrected chi connectivity index (χ2v) is 19.3. The van der Waals surface area contributed by atoms with E-state index in [1.54, 1.807) is 11.1 Å². The minimum absolute atomic E-state index is 0.770. The zero-order valence-corrected chi connectivity index (χ0v) is 13.8. The molecule has 0 amide bonds. The van der Waals surface area contributed by atoms with Gasteiger partial charge in [-0.1, -0.05) is 0 Å². The van der Waals surface area contributed by atoms with E-state index in [1.807, 2.05) is 0 Å². The Morgan fingerprint density at radius 3 is 2.47 bits per heavy atom. The van der Waals surface area contributed by atoms with Gasteiger partial charge in [-0.05, 0) is 0 Å². The Balaban J connectivity index is 2.59. The minimum atomic E-state index is -1.89. The van der Waals surface area contributed by atoms with Gasteiger partial charge in [0.05, 0.1) is 0 Å². The average Bonchev–Trinajstić information content (AvgIpc) is 2.41. The first-order chi connectivity index (χ1) is 6.91. The molecule has 0 heterocycles. The van der Waals surface area contributed by atoms with E-state index >= 15 is 0 Å². The van der Waals surface area contributed by atoms with Crippen molar-refractivity contribution in [1.82, 2.24) is 0 Å². The molecule has 0 fully saturated rings. The molecule has 0 spiro atoms. The molecular formula is C13H17BrZr. The molecule has 0 aliphatic heterocycles. The summed E-state index contributed by atoms with van der Waals surface area (Å²) in [7, 11) is 0. The Morgan fingerprint density at radius 1 is 1.20 bits per heavy atom. The molecule has 2 heteroatoms. The van der Waals surface area contributed by atoms with Crippen molar-refractivity contribution in [2.45, 2.75) is 24.4 Å². The first-order valence-corrected chi connectivity index (χ1v) is 15.0. The second-order valence-electron chi connectivity index (χ2n) is 5.43. The molecule has 1 atom stereocenters. The SMILES string of the molecule is CC1=Cc2c(Br)cccc2[CH]1[Zr]([CH3])([CH3])[CH3]. The van der Waals surface area contributed by atoms with Gasteiger partial charge in [-0.2, -0.15) is 0 Å². The van der Waals surface area contributed by atoms with Crippen LogP contribution in [0, 0.1) is 0 Å². The van der Waals surface area contributed by atoms with Crippen molar-refractivity contribution < 1.29 is 20.3 Å². The molecule has 0 saturated carbocycles. The van der Waals surface area contributed by atoms with Crippen LogP contribution in [0.3, 0.4) is 0 Å². The van der Waals surface area contributed by atoms with Crippen LogP contribution in [-0.2, 0) is 20.3 Å². The van der Waals surface area contributed by atoms with Gasteiger partial charge in [0.1, 0.15) is 0 Å². The number of fused-ring (bicyclic) bond motifs is 1. The molecule has 0 saturated heterocycles. The Morgan fingerprint density at radius 2 is 1.87 bits per heavy atom. The van der Waals surface area contributed by atoms with Crippen molar-refractivity contribution in [3.05, 3.63) is 39.4 Å². The Hall–Kier alpha value is 0.323. The van der Waals surface area contributed by atoms with Crippen LogP contribution in [0.15, 0.2) is 28.2 Å². The van der Waals surface area contributed by atoms with Crippen molar-refractivity contribution >= 4 is 22.0 Å². The number of hydrogen-bond donors (Lipinski definition) is 0. The summed E-state index contributed by atoms with van der Waals surface area (Å²) in [4.78, 5) is 0. The Kier molecular flexibility index (Phi) is 3.12. The normalized spacial score (nSPS) is 20.1. The maximum atomic E-state index is 3.65. The van der Waals surface area contributed by atoms with Crippen molar-refractivity contribution in [2.24, 2.45) is 0 Å². The molecule has 1 aliphatic carbocycles. The summed E-state index contributed by atoms with van der Waals surface area (Å²) in [5, 5.41) is 0. The number of hydrogen-bond acceptors (Lipinski definition) is 0. The van der Waals surface area contributed by atoms with Crippen LogP contribution in [0.4, 0.5) is 0 Å². The average molecular weight is 344 g/mol. The molecule has 1 unspecified atom stereocenters. The summed E-state index contributed by atoms with van der Waals surface area (Å²) in [5.74, 6) is 0. The predicted molar refractivity (Wildman–Crippen MR) is 68.1 cm³/mol. The second kappa shape index (κ2) is 3.96. The fraction of sp³-hybridized carbons (Fsp3) is 0.385. The van der Waals surface area contributed by atoms with Crippen molar-refractivity contribution in [3.8, 4) is 0 Å². The molecule has 0 nitrogen and oxygen atoms in total. The molecule has 0 aromatic heterocycles. The monoisotopic (exact) mass is 342 g/mol. The zero-order valence-electron chi connectivity index (χ0n) is 9.76. The fourth-order valence-electron chi connectivity index (χ4n) is 2.66. The van der Waals surface area contributed by atoms with Gasteiger partial charge in [0.15, 0.2) is 0 Å². The van der Waals surface area contributed by atoms with Crippen molar-refractivity contribution in [1.29, 1.82) is 0 Å². The molecule has 2 rings (SSSR count). The van der Waals surface area contributed by atoms with Crippen LogP contribution in [0.1, 0.15) is 21.7 Å². The molecule has 1 aromatic rings. The van der Waals surface area contributed by atoms with Gasteiger partial charge in [0.25, 0.3) is 0 Å². The fourth-order valence-corrected chi connectivity index (χ4v) is 9.63. The van der Waals surface area contributed by atoms with E-state index in [4.69, 9.17) is 0 Å². The van der Waals surface area contributed by atoms with Gasteiger partial charge in [-0.25, -0.2) is 0 Å². The van der Waals surface area contributed by atoms with Crippen LogP contribution in [0.5, 0.6) is 0 Å². The van der Waals surface area contributed by atoms with Crippen LogP contribution in [0.2, 0.25) is 13.9 Å². The molecule has 1 aliphatic rings. The van der Waals surface area contributed by atoms with E-state index in [1.165, 1.54) is 10.0 Å². The van der Waals surface area contributed by atoms with E-state index < -0.39 is 20.3 Å². The van der Waals surface area contributed by atoms with Gasteiger partial charge >= 0.3 is 106 Å². The molecule has 15 heavy (non-hydrogen) atoms. The van der Waals surface area contributed by atoms with Crippen LogP contribution in [0.25, 0.3) is 6.08 Å². The quantitative estimate of drug-likeness (QED) is 0.656. The number of halogens is 1. The predicted octanol–water partition coefficient (Wildman–Crippen LogP) is 5.21. The summed E-state index contributed by atoms with van der Waals surface area (Å²) in [6.07, 6.45) is 2.37. The number of allylic oxidation sites excluding steroid dienone is 1. The van der Waals surface area contributed by atoms with E-state index in [-0.39, 0.29) is 0 Å². The third-order valence-corrected chi connectivity index (χ3v) is 9.92. The van der Waals surface area contributed by atoms with Gasteiger partial charge in [0.2, 0.25) is 0 Å². The Bertz CT molecular complexity index is 427. The van der Waals surface area contributed by atoms with E-state index in [0.29, 0.717) is 0 Å². The molecule has 0 radical (unpaired) electrons. The number of rotatable bonds is 1. The van der Waals surface area contributed by atoms with Crippen molar-refractivity contribution in [2.75, 3.05) is 0 Å². The van der Waals surface area contributed by atoms with Gasteiger partial charge in [-0.15, -0.1) is 0 Å². The molecule has 0 N–H and O–H groups in total. The molecule has 0 bridgehead atoms.